The molecule has 1 heterocycles. The van der Waals surface area contributed by atoms with Gasteiger partial charge >= 0.3 is 5.97 Å². The van der Waals surface area contributed by atoms with Crippen molar-refractivity contribution in [3.63, 3.8) is 0 Å². The number of amides is 2. The third-order valence-corrected chi connectivity index (χ3v) is 5.32. The number of nitrogens with zero attached hydrogens (tertiary/aromatic N) is 1. The van der Waals surface area contributed by atoms with Crippen LogP contribution >= 0.6 is 0 Å². The Morgan fingerprint density at radius 2 is 1.56 bits per heavy atom. The SMILES string of the molecule is C=C=C=C=C=C=C.C=O.COC(=O)c1ccc(CN2C(=O)CC3(CCCCC3)C2=O)cc1. The first-order valence-electron chi connectivity index (χ1n) is 10.1. The third kappa shape index (κ3) is 6.84. The largest absolute Gasteiger partial charge is 0.465 e. The van der Waals surface area contributed by atoms with Crippen molar-refractivity contribution < 1.29 is 23.9 Å². The molecule has 2 amide bonds. The normalized spacial score (nSPS) is 15.3. The van der Waals surface area contributed by atoms with Gasteiger partial charge < -0.3 is 9.53 Å². The molecule has 0 N–H and O–H groups in total. The zero-order valence-electron chi connectivity index (χ0n) is 18.4. The van der Waals surface area contributed by atoms with E-state index in [0.29, 0.717) is 12.0 Å². The molecule has 0 atom stereocenters. The topological polar surface area (TPSA) is 80.8 Å². The number of esters is 1. The van der Waals surface area contributed by atoms with E-state index in [-0.39, 0.29) is 18.4 Å². The number of carbonyl (C=O) groups is 4. The van der Waals surface area contributed by atoms with Gasteiger partial charge in [0.2, 0.25) is 11.8 Å². The molecule has 1 aliphatic heterocycles. The fourth-order valence-electron chi connectivity index (χ4n) is 3.81. The number of benzene rings is 1. The highest BCUT2D eigenvalue weighted by molar-refractivity contribution is 6.05. The van der Waals surface area contributed by atoms with Gasteiger partial charge in [-0.2, -0.15) is 0 Å². The average molecular weight is 434 g/mol. The van der Waals surface area contributed by atoms with Gasteiger partial charge in [-0.25, -0.2) is 4.79 Å². The summed E-state index contributed by atoms with van der Waals surface area (Å²) in [4.78, 5) is 45.9. The number of imide groups is 1. The third-order valence-electron chi connectivity index (χ3n) is 5.32. The van der Waals surface area contributed by atoms with Gasteiger partial charge in [0.25, 0.3) is 0 Å². The van der Waals surface area contributed by atoms with Crippen molar-refractivity contribution in [2.75, 3.05) is 7.11 Å². The Balaban J connectivity index is 0.000000488. The second kappa shape index (κ2) is 13.4. The molecule has 166 valence electrons. The monoisotopic (exact) mass is 433 g/mol. The van der Waals surface area contributed by atoms with E-state index in [1.54, 1.807) is 24.3 Å². The number of rotatable bonds is 3. The molecule has 3 rings (SSSR count). The second-order valence-electron chi connectivity index (χ2n) is 7.22. The molecule has 2 fully saturated rings. The van der Waals surface area contributed by atoms with Crippen molar-refractivity contribution in [1.82, 2.24) is 4.90 Å². The van der Waals surface area contributed by atoms with Crippen LogP contribution in [0.1, 0.15) is 54.4 Å². The number of methoxy groups -OCH3 is 1. The summed E-state index contributed by atoms with van der Waals surface area (Å²) in [5, 5.41) is 0. The predicted molar refractivity (Wildman–Crippen MR) is 119 cm³/mol. The average Bonchev–Trinajstić information content (AvgIpc) is 3.05. The van der Waals surface area contributed by atoms with Crippen LogP contribution in [0.3, 0.4) is 0 Å². The lowest BCUT2D eigenvalue weighted by molar-refractivity contribution is -0.142. The van der Waals surface area contributed by atoms with Crippen LogP contribution in [0.25, 0.3) is 0 Å². The fourth-order valence-corrected chi connectivity index (χ4v) is 3.81. The minimum atomic E-state index is -0.443. The Bertz CT molecular complexity index is 981. The minimum Gasteiger partial charge on any atom is -0.465 e. The van der Waals surface area contributed by atoms with E-state index in [4.69, 9.17) is 4.79 Å². The highest BCUT2D eigenvalue weighted by atomic mass is 16.5. The van der Waals surface area contributed by atoms with E-state index in [0.717, 1.165) is 37.7 Å². The first kappa shape index (κ1) is 26.2. The lowest BCUT2D eigenvalue weighted by Crippen LogP contribution is -2.36. The molecule has 2 aliphatic rings. The number of likely N-dealkylation sites (tertiary alicyclic amines) is 1. The van der Waals surface area contributed by atoms with Crippen molar-refractivity contribution >= 4 is 24.6 Å². The zero-order valence-corrected chi connectivity index (χ0v) is 18.4. The van der Waals surface area contributed by atoms with Gasteiger partial charge in [-0.15, -0.1) is 0 Å². The quantitative estimate of drug-likeness (QED) is 0.408. The molecule has 6 nitrogen and oxygen atoms in total. The van der Waals surface area contributed by atoms with E-state index < -0.39 is 11.4 Å². The van der Waals surface area contributed by atoms with Crippen molar-refractivity contribution in [1.29, 1.82) is 0 Å². The van der Waals surface area contributed by atoms with E-state index in [9.17, 15) is 14.4 Å². The van der Waals surface area contributed by atoms with Crippen LogP contribution < -0.4 is 0 Å². The van der Waals surface area contributed by atoms with Gasteiger partial charge in [0.15, 0.2) is 0 Å². The molecule has 0 unspecified atom stereocenters. The number of hydrogen-bond donors (Lipinski definition) is 0. The predicted octanol–water partition coefficient (Wildman–Crippen LogP) is 4.08. The van der Waals surface area contributed by atoms with E-state index in [1.807, 2.05) is 6.79 Å². The summed E-state index contributed by atoms with van der Waals surface area (Å²) in [6, 6.07) is 6.84. The van der Waals surface area contributed by atoms with Gasteiger partial charge in [-0.3, -0.25) is 14.5 Å². The molecule has 0 radical (unpaired) electrons. The molecule has 1 aliphatic carbocycles. The molecule has 6 heteroatoms. The van der Waals surface area contributed by atoms with Crippen molar-refractivity contribution in [2.45, 2.75) is 45.1 Å². The van der Waals surface area contributed by atoms with Crippen LogP contribution in [0.2, 0.25) is 0 Å². The smallest absolute Gasteiger partial charge is 0.337 e. The Kier molecular flexibility index (Phi) is 11.0. The van der Waals surface area contributed by atoms with Crippen molar-refractivity contribution in [2.24, 2.45) is 5.41 Å². The minimum absolute atomic E-state index is 0.0146. The lowest BCUT2D eigenvalue weighted by atomic mass is 9.73. The van der Waals surface area contributed by atoms with E-state index in [2.05, 4.69) is 46.6 Å². The summed E-state index contributed by atoms with van der Waals surface area (Å²) in [6.07, 6.45) is 5.22. The van der Waals surface area contributed by atoms with Gasteiger partial charge in [0.05, 0.1) is 24.6 Å². The molecule has 1 aromatic rings. The van der Waals surface area contributed by atoms with Crippen LogP contribution in [0.15, 0.2) is 66.1 Å². The Morgan fingerprint density at radius 3 is 2.06 bits per heavy atom. The van der Waals surface area contributed by atoms with Gasteiger partial charge in [0.1, 0.15) is 6.79 Å². The number of hydrogen-bond acceptors (Lipinski definition) is 5. The van der Waals surface area contributed by atoms with Crippen molar-refractivity contribution in [3.05, 3.63) is 77.2 Å². The lowest BCUT2D eigenvalue weighted by Gasteiger charge is -2.30. The molecule has 32 heavy (non-hydrogen) atoms. The Labute approximate surface area is 188 Å². The zero-order chi connectivity index (χ0) is 24.0. The molecular formula is C26H27NO5. The van der Waals surface area contributed by atoms with Gasteiger partial charge in [-0.1, -0.05) is 42.9 Å². The Hall–Kier alpha value is -3.86. The molecule has 1 saturated carbocycles. The van der Waals surface area contributed by atoms with Crippen LogP contribution in [-0.2, 0) is 25.7 Å². The summed E-state index contributed by atoms with van der Waals surface area (Å²) in [5.74, 6) is -0.487. The van der Waals surface area contributed by atoms with Crippen molar-refractivity contribution in [3.8, 4) is 0 Å². The molecule has 0 aromatic heterocycles. The first-order chi connectivity index (χ1) is 15.5. The number of carbonyl (C=O) groups excluding carboxylic acids is 4. The number of ether oxygens (including phenoxy) is 1. The second-order valence-corrected chi connectivity index (χ2v) is 7.22. The summed E-state index contributed by atoms with van der Waals surface area (Å²) in [7, 11) is 1.33. The highest BCUT2D eigenvalue weighted by Crippen LogP contribution is 2.45. The van der Waals surface area contributed by atoms with Crippen LogP contribution in [0, 0.1) is 5.41 Å². The molecule has 1 aromatic carbocycles. The standard InChI is InChI=1S/C18H21NO4.C7H4.CH2O/c1-23-16(21)14-7-5-13(6-8-14)12-19-15(20)11-18(17(19)22)9-3-2-4-10-18;1-3-5-7-6-4-2;1-2/h5-8H,2-4,9-12H2,1H3;1-2H2;1H2. The maximum atomic E-state index is 12.7. The molecule has 0 bridgehead atoms. The maximum absolute atomic E-state index is 12.7. The van der Waals surface area contributed by atoms with E-state index in [1.165, 1.54) is 12.0 Å². The summed E-state index contributed by atoms with van der Waals surface area (Å²) in [6.45, 7) is 8.77. The van der Waals surface area contributed by atoms with Crippen LogP contribution in [0.5, 0.6) is 0 Å². The van der Waals surface area contributed by atoms with Gasteiger partial charge in [-0.05, 0) is 60.9 Å². The van der Waals surface area contributed by atoms with Crippen LogP contribution in [-0.4, -0.2) is 36.6 Å². The summed E-state index contributed by atoms with van der Waals surface area (Å²) < 4.78 is 4.66. The van der Waals surface area contributed by atoms with Gasteiger partial charge in [0, 0.05) is 6.42 Å². The summed E-state index contributed by atoms with van der Waals surface area (Å²) in [5.41, 5.74) is 12.9. The van der Waals surface area contributed by atoms with E-state index >= 15 is 0 Å². The first-order valence-corrected chi connectivity index (χ1v) is 10.1. The molecular weight excluding hydrogens is 406 g/mol. The van der Waals surface area contributed by atoms with Crippen LogP contribution in [0.4, 0.5) is 0 Å². The fraction of sp³-hybridized carbons (Fsp3) is 0.346. The summed E-state index contributed by atoms with van der Waals surface area (Å²) >= 11 is 0. The molecule has 1 saturated heterocycles. The maximum Gasteiger partial charge on any atom is 0.337 e. The Morgan fingerprint density at radius 1 is 1.00 bits per heavy atom. The highest BCUT2D eigenvalue weighted by Gasteiger charge is 2.51. The molecule has 1 spiro atoms.